The van der Waals surface area contributed by atoms with Gasteiger partial charge in [0, 0.05) is 33.5 Å². The van der Waals surface area contributed by atoms with E-state index in [1.165, 1.54) is 34.5 Å². The molecule has 0 saturated heterocycles. The first-order valence-corrected chi connectivity index (χ1v) is 13.4. The topological polar surface area (TPSA) is 125 Å². The van der Waals surface area contributed by atoms with Gasteiger partial charge in [0.1, 0.15) is 11.4 Å². The largest absolute Gasteiger partial charge is 0.465 e. The van der Waals surface area contributed by atoms with E-state index in [9.17, 15) is 19.2 Å². The molecule has 10 nitrogen and oxygen atoms in total. The summed E-state index contributed by atoms with van der Waals surface area (Å²) in [6.07, 6.45) is 2.83. The number of thiophene rings is 1. The van der Waals surface area contributed by atoms with E-state index in [2.05, 4.69) is 14.8 Å². The molecule has 0 spiro atoms. The van der Waals surface area contributed by atoms with Crippen LogP contribution in [0.1, 0.15) is 51.2 Å². The Morgan fingerprint density at radius 3 is 2.55 bits per heavy atom. The molecule has 0 amide bonds. The number of ketones is 1. The van der Waals surface area contributed by atoms with Gasteiger partial charge in [0.25, 0.3) is 11.5 Å². The monoisotopic (exact) mass is 573 g/mol. The van der Waals surface area contributed by atoms with Crippen LogP contribution >= 0.6 is 34.5 Å². The molecule has 0 aliphatic heterocycles. The van der Waals surface area contributed by atoms with Gasteiger partial charge in [0.2, 0.25) is 0 Å². The lowest BCUT2D eigenvalue weighted by Crippen LogP contribution is -2.30. The summed E-state index contributed by atoms with van der Waals surface area (Å²) in [5.41, 5.74) is -1.02. The first kappa shape index (κ1) is 27.4. The van der Waals surface area contributed by atoms with Crippen LogP contribution in [0.25, 0.3) is 11.3 Å². The van der Waals surface area contributed by atoms with Crippen molar-refractivity contribution in [2.24, 2.45) is 5.41 Å². The quantitative estimate of drug-likeness (QED) is 0.234. The summed E-state index contributed by atoms with van der Waals surface area (Å²) < 4.78 is 11.8. The number of carbonyl (C=O) groups is 3. The average Bonchev–Trinajstić information content (AvgIpc) is 3.63. The summed E-state index contributed by atoms with van der Waals surface area (Å²) in [5.74, 6) is -1.13. The van der Waals surface area contributed by atoms with Gasteiger partial charge in [-0.15, -0.1) is 11.3 Å². The molecule has 1 N–H and O–H groups in total. The van der Waals surface area contributed by atoms with Gasteiger partial charge in [0.05, 0.1) is 42.0 Å². The second-order valence-electron chi connectivity index (χ2n) is 9.31. The van der Waals surface area contributed by atoms with Gasteiger partial charge in [-0.2, -0.15) is 9.78 Å². The van der Waals surface area contributed by atoms with E-state index in [0.717, 1.165) is 28.1 Å². The van der Waals surface area contributed by atoms with Crippen LogP contribution in [-0.2, 0) is 17.8 Å². The Kier molecular flexibility index (Phi) is 7.95. The van der Waals surface area contributed by atoms with E-state index in [4.69, 9.17) is 16.3 Å². The average molecular weight is 574 g/mol. The number of hydrogen-bond donors (Lipinski definition) is 1. The van der Waals surface area contributed by atoms with Crippen molar-refractivity contribution in [1.29, 1.82) is 0 Å². The lowest BCUT2D eigenvalue weighted by Gasteiger charge is -2.18. The molecule has 0 aliphatic rings. The smallest absolute Gasteiger partial charge is 0.344 e. The Balaban J connectivity index is 1.77. The second-order valence-corrected chi connectivity index (χ2v) is 11.8. The van der Waals surface area contributed by atoms with E-state index in [-0.39, 0.29) is 35.1 Å². The Hall–Kier alpha value is -3.61. The van der Waals surface area contributed by atoms with E-state index >= 15 is 0 Å². The Labute approximate surface area is 231 Å². The molecule has 4 heterocycles. The highest BCUT2D eigenvalue weighted by molar-refractivity contribution is 7.16. The normalized spacial score (nSPS) is 11.4. The third-order valence-electron chi connectivity index (χ3n) is 5.51. The first-order chi connectivity index (χ1) is 18.0. The number of hydrogen-bond acceptors (Lipinski definition) is 10. The van der Waals surface area contributed by atoms with E-state index < -0.39 is 16.9 Å². The number of pyridine rings is 1. The van der Waals surface area contributed by atoms with Crippen molar-refractivity contribution in [2.75, 3.05) is 12.4 Å². The minimum Gasteiger partial charge on any atom is -0.465 e. The number of nitrogens with one attached hydrogen (secondary N) is 1. The molecule has 0 unspecified atom stereocenters. The maximum Gasteiger partial charge on any atom is 0.344 e. The molecular weight excluding hydrogens is 550 g/mol. The van der Waals surface area contributed by atoms with Crippen molar-refractivity contribution in [1.82, 2.24) is 18.7 Å². The van der Waals surface area contributed by atoms with Gasteiger partial charge in [-0.3, -0.25) is 14.4 Å². The zero-order chi connectivity index (χ0) is 27.6. The van der Waals surface area contributed by atoms with Gasteiger partial charge in [-0.1, -0.05) is 32.4 Å². The number of aromatic nitrogens is 4. The van der Waals surface area contributed by atoms with Crippen LogP contribution in [0, 0.1) is 5.41 Å². The van der Waals surface area contributed by atoms with Crippen molar-refractivity contribution in [3.05, 3.63) is 72.7 Å². The molecule has 0 bridgehead atoms. The molecular formula is C25H24ClN5O5S2. The van der Waals surface area contributed by atoms with Crippen LogP contribution in [0.2, 0.25) is 4.34 Å². The summed E-state index contributed by atoms with van der Waals surface area (Å²) in [7, 11) is 1.16. The lowest BCUT2D eigenvalue weighted by atomic mass is 9.96. The second kappa shape index (κ2) is 11.0. The first-order valence-electron chi connectivity index (χ1n) is 11.4. The van der Waals surface area contributed by atoms with Gasteiger partial charge < -0.3 is 14.6 Å². The Morgan fingerprint density at radius 2 is 1.95 bits per heavy atom. The number of Topliss-reactive ketones (excluding diaryl/α,β-unsaturated/α-hetero) is 1. The summed E-state index contributed by atoms with van der Waals surface area (Å²) in [6.45, 7) is 5.39. The van der Waals surface area contributed by atoms with Crippen LogP contribution in [0.4, 0.5) is 5.82 Å². The molecule has 0 aromatic carbocycles. The van der Waals surface area contributed by atoms with Gasteiger partial charge in [0.15, 0.2) is 5.78 Å². The minimum absolute atomic E-state index is 0.172. The van der Waals surface area contributed by atoms with Crippen molar-refractivity contribution >= 4 is 57.9 Å². The van der Waals surface area contributed by atoms with Crippen molar-refractivity contribution in [3.8, 4) is 11.3 Å². The predicted molar refractivity (Wildman–Crippen MR) is 146 cm³/mol. The number of carbonyl (C=O) groups excluding carboxylic acids is 3. The molecule has 13 heteroatoms. The van der Waals surface area contributed by atoms with Crippen LogP contribution in [0.5, 0.6) is 0 Å². The summed E-state index contributed by atoms with van der Waals surface area (Å²) in [6, 6.07) is 6.75. The highest BCUT2D eigenvalue weighted by atomic mass is 35.5. The summed E-state index contributed by atoms with van der Waals surface area (Å²) >= 11 is 8.56. The van der Waals surface area contributed by atoms with Gasteiger partial charge in [-0.05, 0) is 29.7 Å². The number of nitrogens with zero attached hydrogens (tertiary/aromatic N) is 4. The standard InChI is InChI=1S/C25H24ClN5O5S2/c1-25(2,3)24(35)31-20(27-11-15-5-6-19(26)38-15)9-17(29-31)16-7-8-30(22(33)21(16)23(34)36-4)12-18(32)14-10-28-37-13-14/h5-10,13,27H,11-12H2,1-4H3. The van der Waals surface area contributed by atoms with E-state index in [0.29, 0.717) is 22.3 Å². The van der Waals surface area contributed by atoms with E-state index in [1.54, 1.807) is 38.3 Å². The lowest BCUT2D eigenvalue weighted by molar-refractivity contribution is 0.0598. The number of anilines is 1. The fourth-order valence-corrected chi connectivity index (χ4v) is 5.10. The highest BCUT2D eigenvalue weighted by Crippen LogP contribution is 2.29. The molecule has 0 fully saturated rings. The number of ether oxygens (including phenoxy) is 1. The predicted octanol–water partition coefficient (Wildman–Crippen LogP) is 4.85. The molecule has 0 atom stereocenters. The SMILES string of the molecule is COC(=O)c1c(-c2cc(NCc3ccc(Cl)s3)n(C(=O)C(C)(C)C)n2)ccn(CC(=O)c2cnsc2)c1=O. The van der Waals surface area contributed by atoms with Gasteiger partial charge >= 0.3 is 5.97 Å². The fraction of sp³-hybridized carbons (Fsp3) is 0.280. The summed E-state index contributed by atoms with van der Waals surface area (Å²) in [4.78, 5) is 52.8. The Morgan fingerprint density at radius 1 is 1.18 bits per heavy atom. The number of esters is 1. The Bertz CT molecular complexity index is 1560. The molecule has 4 aromatic rings. The maximum atomic E-state index is 13.3. The van der Waals surface area contributed by atoms with E-state index in [1.807, 2.05) is 6.07 Å². The molecule has 0 aliphatic carbocycles. The number of halogens is 1. The van der Waals surface area contributed by atoms with Crippen LogP contribution in [-0.4, -0.2) is 43.5 Å². The molecule has 0 saturated carbocycles. The zero-order valence-electron chi connectivity index (χ0n) is 21.0. The third kappa shape index (κ3) is 5.77. The summed E-state index contributed by atoms with van der Waals surface area (Å²) in [5, 5.41) is 9.25. The number of rotatable bonds is 8. The van der Waals surface area contributed by atoms with Crippen molar-refractivity contribution < 1.29 is 19.1 Å². The molecule has 38 heavy (non-hydrogen) atoms. The molecule has 198 valence electrons. The van der Waals surface area contributed by atoms with Crippen molar-refractivity contribution in [3.63, 3.8) is 0 Å². The highest BCUT2D eigenvalue weighted by Gasteiger charge is 2.29. The fourth-order valence-electron chi connectivity index (χ4n) is 3.54. The molecule has 4 aromatic heterocycles. The van der Waals surface area contributed by atoms with Gasteiger partial charge in [-0.25, -0.2) is 9.17 Å². The molecule has 0 radical (unpaired) electrons. The minimum atomic E-state index is -0.886. The maximum absolute atomic E-state index is 13.3. The van der Waals surface area contributed by atoms with Crippen LogP contribution in [0.3, 0.4) is 0 Å². The van der Waals surface area contributed by atoms with Crippen LogP contribution < -0.4 is 10.9 Å². The molecule has 4 rings (SSSR count). The third-order valence-corrected chi connectivity index (χ3v) is 7.33. The zero-order valence-corrected chi connectivity index (χ0v) is 23.4. The number of methoxy groups -OCH3 is 1. The van der Waals surface area contributed by atoms with Crippen LogP contribution in [0.15, 0.2) is 46.8 Å². The van der Waals surface area contributed by atoms with Crippen molar-refractivity contribution in [2.45, 2.75) is 33.9 Å².